The van der Waals surface area contributed by atoms with Gasteiger partial charge in [0, 0.05) is 11.8 Å². The number of aromatic nitrogens is 1. The van der Waals surface area contributed by atoms with Crippen molar-refractivity contribution in [1.82, 2.24) is 9.88 Å². The van der Waals surface area contributed by atoms with Crippen molar-refractivity contribution in [1.29, 1.82) is 0 Å². The Labute approximate surface area is 114 Å². The van der Waals surface area contributed by atoms with Crippen LogP contribution in [0, 0.1) is 11.7 Å². The maximum Gasteiger partial charge on any atom is 0.147 e. The summed E-state index contributed by atoms with van der Waals surface area (Å²) in [6.45, 7) is 2.24. The van der Waals surface area contributed by atoms with E-state index < -0.39 is 11.9 Å². The summed E-state index contributed by atoms with van der Waals surface area (Å²) in [5.41, 5.74) is -0.00687. The summed E-state index contributed by atoms with van der Waals surface area (Å²) in [4.78, 5) is 5.81. The summed E-state index contributed by atoms with van der Waals surface area (Å²) in [7, 11) is 3.94. The Kier molecular flexibility index (Phi) is 4.21. The van der Waals surface area contributed by atoms with Gasteiger partial charge in [-0.3, -0.25) is 4.98 Å². The minimum atomic E-state index is -0.807. The fourth-order valence-corrected chi connectivity index (χ4v) is 3.12. The molecule has 1 atom stereocenters. The molecule has 0 bridgehead atoms. The van der Waals surface area contributed by atoms with Crippen LogP contribution in [0.1, 0.15) is 44.3 Å². The SMILES string of the molecule is CC1CCC(C(O)c2ccncc2F)(N(C)C)CC1. The van der Waals surface area contributed by atoms with Crippen LogP contribution in [0.25, 0.3) is 0 Å². The third kappa shape index (κ3) is 2.65. The minimum absolute atomic E-state index is 0.359. The Bertz CT molecular complexity index is 428. The zero-order chi connectivity index (χ0) is 14.0. The second-order valence-electron chi connectivity index (χ2n) is 5.98. The Hall–Kier alpha value is -1.00. The highest BCUT2D eigenvalue weighted by Gasteiger charge is 2.43. The minimum Gasteiger partial charge on any atom is -0.386 e. The van der Waals surface area contributed by atoms with E-state index in [1.165, 1.54) is 12.4 Å². The van der Waals surface area contributed by atoms with Gasteiger partial charge in [-0.25, -0.2) is 4.39 Å². The highest BCUT2D eigenvalue weighted by atomic mass is 19.1. The van der Waals surface area contributed by atoms with Crippen LogP contribution in [0.4, 0.5) is 4.39 Å². The molecular formula is C15H23FN2O. The first kappa shape index (κ1) is 14.4. The normalized spacial score (nSPS) is 29.5. The van der Waals surface area contributed by atoms with E-state index in [0.29, 0.717) is 11.5 Å². The van der Waals surface area contributed by atoms with Gasteiger partial charge in [0.15, 0.2) is 0 Å². The Morgan fingerprint density at radius 2 is 2.05 bits per heavy atom. The van der Waals surface area contributed by atoms with Crippen molar-refractivity contribution in [3.63, 3.8) is 0 Å². The molecular weight excluding hydrogens is 243 g/mol. The van der Waals surface area contributed by atoms with Gasteiger partial charge in [0.25, 0.3) is 0 Å². The van der Waals surface area contributed by atoms with Crippen LogP contribution in [-0.4, -0.2) is 34.6 Å². The number of likely N-dealkylation sites (N-methyl/N-ethyl adjacent to an activating group) is 1. The van der Waals surface area contributed by atoms with E-state index >= 15 is 0 Å². The molecule has 19 heavy (non-hydrogen) atoms. The molecule has 106 valence electrons. The van der Waals surface area contributed by atoms with Gasteiger partial charge in [-0.15, -0.1) is 0 Å². The second kappa shape index (κ2) is 5.55. The molecule has 1 unspecified atom stereocenters. The smallest absolute Gasteiger partial charge is 0.147 e. The number of pyridine rings is 1. The molecule has 0 amide bonds. The number of aliphatic hydroxyl groups is 1. The van der Waals surface area contributed by atoms with Crippen molar-refractivity contribution in [3.05, 3.63) is 29.8 Å². The number of aliphatic hydroxyl groups excluding tert-OH is 1. The van der Waals surface area contributed by atoms with Crippen LogP contribution in [0.3, 0.4) is 0 Å². The Balaban J connectivity index is 2.32. The molecule has 4 heteroatoms. The standard InChI is InChI=1S/C15H23FN2O/c1-11-4-7-15(8-5-11,18(2)3)14(19)12-6-9-17-10-13(12)16/h6,9-11,14,19H,4-5,7-8H2,1-3H3. The van der Waals surface area contributed by atoms with Crippen molar-refractivity contribution in [2.24, 2.45) is 5.92 Å². The topological polar surface area (TPSA) is 36.4 Å². The summed E-state index contributed by atoms with van der Waals surface area (Å²) in [6, 6.07) is 1.59. The van der Waals surface area contributed by atoms with Gasteiger partial charge in [-0.2, -0.15) is 0 Å². The molecule has 1 heterocycles. The van der Waals surface area contributed by atoms with Crippen LogP contribution in [0.2, 0.25) is 0 Å². The van der Waals surface area contributed by atoms with Gasteiger partial charge in [0.2, 0.25) is 0 Å². The predicted molar refractivity (Wildman–Crippen MR) is 73.2 cm³/mol. The van der Waals surface area contributed by atoms with E-state index in [2.05, 4.69) is 16.8 Å². The summed E-state index contributed by atoms with van der Waals surface area (Å²) in [6.07, 6.45) is 5.83. The van der Waals surface area contributed by atoms with Crippen LogP contribution in [0.15, 0.2) is 18.5 Å². The number of halogens is 1. The molecule has 1 N–H and O–H groups in total. The van der Waals surface area contributed by atoms with Crippen molar-refractivity contribution in [2.45, 2.75) is 44.2 Å². The summed E-state index contributed by atoms with van der Waals surface area (Å²) in [5, 5.41) is 10.7. The number of nitrogens with zero attached hydrogens (tertiary/aromatic N) is 2. The zero-order valence-corrected chi connectivity index (χ0v) is 11.9. The van der Waals surface area contributed by atoms with E-state index in [9.17, 15) is 9.50 Å². The third-order valence-electron chi connectivity index (χ3n) is 4.64. The highest BCUT2D eigenvalue weighted by molar-refractivity contribution is 5.21. The van der Waals surface area contributed by atoms with Gasteiger partial charge in [0.05, 0.1) is 11.7 Å². The van der Waals surface area contributed by atoms with E-state index in [1.54, 1.807) is 6.07 Å². The number of rotatable bonds is 3. The monoisotopic (exact) mass is 266 g/mol. The first-order chi connectivity index (χ1) is 8.97. The first-order valence-corrected chi connectivity index (χ1v) is 6.92. The lowest BCUT2D eigenvalue weighted by atomic mass is 9.71. The lowest BCUT2D eigenvalue weighted by Gasteiger charge is -2.47. The lowest BCUT2D eigenvalue weighted by Crippen LogP contribution is -2.51. The molecule has 0 spiro atoms. The molecule has 1 aromatic heterocycles. The molecule has 1 aliphatic rings. The molecule has 1 aromatic rings. The van der Waals surface area contributed by atoms with Gasteiger partial charge in [0.1, 0.15) is 11.9 Å². The van der Waals surface area contributed by atoms with Crippen molar-refractivity contribution >= 4 is 0 Å². The molecule has 1 aliphatic carbocycles. The predicted octanol–water partition coefficient (Wildman–Crippen LogP) is 2.76. The molecule has 0 aliphatic heterocycles. The molecule has 0 radical (unpaired) electrons. The largest absolute Gasteiger partial charge is 0.386 e. The number of hydrogen-bond acceptors (Lipinski definition) is 3. The van der Waals surface area contributed by atoms with Crippen molar-refractivity contribution < 1.29 is 9.50 Å². The van der Waals surface area contributed by atoms with Crippen molar-refractivity contribution in [3.8, 4) is 0 Å². The molecule has 2 rings (SSSR count). The van der Waals surface area contributed by atoms with Gasteiger partial charge >= 0.3 is 0 Å². The third-order valence-corrected chi connectivity index (χ3v) is 4.64. The van der Waals surface area contributed by atoms with Gasteiger partial charge in [-0.05, 0) is 51.8 Å². The van der Waals surface area contributed by atoms with E-state index in [0.717, 1.165) is 25.7 Å². The van der Waals surface area contributed by atoms with Crippen LogP contribution >= 0.6 is 0 Å². The fraction of sp³-hybridized carbons (Fsp3) is 0.667. The van der Waals surface area contributed by atoms with Crippen molar-refractivity contribution in [2.75, 3.05) is 14.1 Å². The number of hydrogen-bond donors (Lipinski definition) is 1. The van der Waals surface area contributed by atoms with Crippen LogP contribution in [-0.2, 0) is 0 Å². The van der Waals surface area contributed by atoms with Crippen LogP contribution < -0.4 is 0 Å². The lowest BCUT2D eigenvalue weighted by molar-refractivity contribution is -0.0424. The zero-order valence-electron chi connectivity index (χ0n) is 11.9. The molecule has 0 saturated heterocycles. The first-order valence-electron chi connectivity index (χ1n) is 6.92. The summed E-state index contributed by atoms with van der Waals surface area (Å²) in [5.74, 6) is 0.261. The molecule has 0 aromatic carbocycles. The summed E-state index contributed by atoms with van der Waals surface area (Å²) < 4.78 is 13.9. The Morgan fingerprint density at radius 1 is 1.42 bits per heavy atom. The average molecular weight is 266 g/mol. The molecule has 3 nitrogen and oxygen atoms in total. The highest BCUT2D eigenvalue weighted by Crippen LogP contribution is 2.43. The maximum atomic E-state index is 13.9. The summed E-state index contributed by atoms with van der Waals surface area (Å²) >= 11 is 0. The molecule has 1 fully saturated rings. The van der Waals surface area contributed by atoms with E-state index in [4.69, 9.17) is 0 Å². The molecule has 1 saturated carbocycles. The van der Waals surface area contributed by atoms with E-state index in [1.807, 2.05) is 14.1 Å². The fourth-order valence-electron chi connectivity index (χ4n) is 3.12. The Morgan fingerprint density at radius 3 is 2.58 bits per heavy atom. The average Bonchev–Trinajstić information content (AvgIpc) is 2.39. The quantitative estimate of drug-likeness (QED) is 0.914. The second-order valence-corrected chi connectivity index (χ2v) is 5.98. The van der Waals surface area contributed by atoms with Gasteiger partial charge in [-0.1, -0.05) is 6.92 Å². The van der Waals surface area contributed by atoms with Gasteiger partial charge < -0.3 is 10.0 Å². The van der Waals surface area contributed by atoms with E-state index in [-0.39, 0.29) is 5.54 Å². The van der Waals surface area contributed by atoms with Crippen LogP contribution in [0.5, 0.6) is 0 Å². The maximum absolute atomic E-state index is 13.9.